The minimum Gasteiger partial charge on any atom is -0.372 e. The van der Waals surface area contributed by atoms with E-state index in [4.69, 9.17) is 5.73 Å². The number of pyridine rings is 1. The van der Waals surface area contributed by atoms with Gasteiger partial charge in [-0.1, -0.05) is 0 Å². The topological polar surface area (TPSA) is 140 Å². The zero-order valence-electron chi connectivity index (χ0n) is 10.2. The number of hydrogen-bond acceptors (Lipinski definition) is 6. The Morgan fingerprint density at radius 1 is 1.53 bits per heavy atom. The van der Waals surface area contributed by atoms with Crippen LogP contribution in [0.5, 0.6) is 0 Å². The number of aromatic nitrogens is 1. The van der Waals surface area contributed by atoms with E-state index in [9.17, 15) is 19.7 Å². The lowest BCUT2D eigenvalue weighted by atomic mass is 10.2. The van der Waals surface area contributed by atoms with Crippen LogP contribution in [0.25, 0.3) is 0 Å². The molecule has 2 amide bonds. The largest absolute Gasteiger partial charge is 0.372 e. The highest BCUT2D eigenvalue weighted by Crippen LogP contribution is 2.18. The maximum Gasteiger partial charge on any atom is 0.288 e. The van der Waals surface area contributed by atoms with E-state index in [1.165, 1.54) is 7.05 Å². The average Bonchev–Trinajstić information content (AvgIpc) is 2.37. The van der Waals surface area contributed by atoms with Crippen molar-refractivity contribution in [3.63, 3.8) is 0 Å². The molecule has 4 N–H and O–H groups in total. The molecule has 0 aliphatic rings. The van der Waals surface area contributed by atoms with Gasteiger partial charge in [0.25, 0.3) is 11.6 Å². The second-order valence-corrected chi connectivity index (χ2v) is 3.57. The van der Waals surface area contributed by atoms with E-state index in [2.05, 4.69) is 15.6 Å². The van der Waals surface area contributed by atoms with Crippen LogP contribution in [0.3, 0.4) is 0 Å². The standard InChI is InChI=1S/C10H13N5O4/c1-12-9-7(4-6(5-14-9)15(18)19)10(17)13-3-2-8(11)16/h4-5H,2-3H2,1H3,(H2,11,16)(H,12,14)(H,13,17). The summed E-state index contributed by atoms with van der Waals surface area (Å²) in [5.41, 5.74) is 4.67. The quantitative estimate of drug-likeness (QED) is 0.474. The van der Waals surface area contributed by atoms with Gasteiger partial charge in [0.2, 0.25) is 5.91 Å². The van der Waals surface area contributed by atoms with Gasteiger partial charge in [0.15, 0.2) is 0 Å². The Hall–Kier alpha value is -2.71. The smallest absolute Gasteiger partial charge is 0.288 e. The van der Waals surface area contributed by atoms with E-state index in [0.29, 0.717) is 0 Å². The van der Waals surface area contributed by atoms with Gasteiger partial charge in [-0.05, 0) is 0 Å². The minimum atomic E-state index is -0.646. The van der Waals surface area contributed by atoms with Gasteiger partial charge in [-0.15, -0.1) is 0 Å². The fourth-order valence-corrected chi connectivity index (χ4v) is 1.32. The Bertz CT molecular complexity index is 517. The van der Waals surface area contributed by atoms with Gasteiger partial charge >= 0.3 is 0 Å². The Balaban J connectivity index is 2.89. The zero-order chi connectivity index (χ0) is 14.4. The highest BCUT2D eigenvalue weighted by Gasteiger charge is 2.17. The number of anilines is 1. The summed E-state index contributed by atoms with van der Waals surface area (Å²) < 4.78 is 0. The maximum atomic E-state index is 11.8. The Labute approximate surface area is 108 Å². The number of carbonyl (C=O) groups excluding carboxylic acids is 2. The Kier molecular flexibility index (Phi) is 4.75. The van der Waals surface area contributed by atoms with Crippen LogP contribution in [-0.4, -0.2) is 35.3 Å². The molecule has 0 aliphatic heterocycles. The van der Waals surface area contributed by atoms with Crippen LogP contribution in [0, 0.1) is 10.1 Å². The molecule has 0 bridgehead atoms. The van der Waals surface area contributed by atoms with E-state index in [-0.39, 0.29) is 30.0 Å². The summed E-state index contributed by atoms with van der Waals surface area (Å²) in [7, 11) is 1.54. The molecule has 1 heterocycles. The van der Waals surface area contributed by atoms with E-state index in [1.807, 2.05) is 0 Å². The molecule has 1 aromatic rings. The predicted molar refractivity (Wildman–Crippen MR) is 66.6 cm³/mol. The Morgan fingerprint density at radius 3 is 2.74 bits per heavy atom. The van der Waals surface area contributed by atoms with Crippen LogP contribution < -0.4 is 16.4 Å². The van der Waals surface area contributed by atoms with Crippen molar-refractivity contribution in [2.45, 2.75) is 6.42 Å². The maximum absolute atomic E-state index is 11.8. The molecule has 0 unspecified atom stereocenters. The first kappa shape index (κ1) is 14.4. The van der Waals surface area contributed by atoms with Crippen LogP contribution in [0.4, 0.5) is 11.5 Å². The number of primary amides is 1. The molecule has 0 spiro atoms. The van der Waals surface area contributed by atoms with Gasteiger partial charge in [0.05, 0.1) is 10.5 Å². The van der Waals surface area contributed by atoms with Crippen molar-refractivity contribution >= 4 is 23.3 Å². The molecule has 0 atom stereocenters. The molecular formula is C10H13N5O4. The molecule has 1 aromatic heterocycles. The molecule has 1 rings (SSSR count). The number of carbonyl (C=O) groups is 2. The zero-order valence-corrected chi connectivity index (χ0v) is 10.2. The molecule has 102 valence electrons. The lowest BCUT2D eigenvalue weighted by Gasteiger charge is -2.08. The first-order chi connectivity index (χ1) is 8.95. The van der Waals surface area contributed by atoms with Crippen LogP contribution in [0.1, 0.15) is 16.8 Å². The normalized spacial score (nSPS) is 9.74. The first-order valence-corrected chi connectivity index (χ1v) is 5.34. The van der Waals surface area contributed by atoms with Crippen LogP contribution in [-0.2, 0) is 4.79 Å². The van der Waals surface area contributed by atoms with Crippen molar-refractivity contribution in [2.75, 3.05) is 18.9 Å². The highest BCUT2D eigenvalue weighted by molar-refractivity contribution is 5.99. The number of hydrogen-bond donors (Lipinski definition) is 3. The number of amides is 2. The summed E-state index contributed by atoms with van der Waals surface area (Å²) in [5.74, 6) is -0.907. The third-order valence-corrected chi connectivity index (χ3v) is 2.22. The van der Waals surface area contributed by atoms with Crippen molar-refractivity contribution in [2.24, 2.45) is 5.73 Å². The lowest BCUT2D eigenvalue weighted by Crippen LogP contribution is -2.28. The van der Waals surface area contributed by atoms with Crippen molar-refractivity contribution in [3.05, 3.63) is 27.9 Å². The third-order valence-electron chi connectivity index (χ3n) is 2.22. The number of nitrogens with zero attached hydrogens (tertiary/aromatic N) is 2. The van der Waals surface area contributed by atoms with Crippen molar-refractivity contribution in [3.8, 4) is 0 Å². The van der Waals surface area contributed by atoms with Crippen molar-refractivity contribution in [1.29, 1.82) is 0 Å². The highest BCUT2D eigenvalue weighted by atomic mass is 16.6. The predicted octanol–water partition coefficient (Wildman–Crippen LogP) is -0.363. The lowest BCUT2D eigenvalue weighted by molar-refractivity contribution is -0.385. The Morgan fingerprint density at radius 2 is 2.21 bits per heavy atom. The molecule has 19 heavy (non-hydrogen) atoms. The van der Waals surface area contributed by atoms with Gasteiger partial charge in [0.1, 0.15) is 12.0 Å². The van der Waals surface area contributed by atoms with Gasteiger partial charge in [-0.3, -0.25) is 19.7 Å². The van der Waals surface area contributed by atoms with E-state index >= 15 is 0 Å². The second kappa shape index (κ2) is 6.28. The van der Waals surface area contributed by atoms with E-state index in [1.54, 1.807) is 0 Å². The second-order valence-electron chi connectivity index (χ2n) is 3.57. The molecule has 0 saturated heterocycles. The number of nitrogens with two attached hydrogens (primary N) is 1. The summed E-state index contributed by atoms with van der Waals surface area (Å²) in [6.07, 6.45) is 1.04. The van der Waals surface area contributed by atoms with Gasteiger partial charge in [0, 0.05) is 26.1 Å². The molecule has 0 fully saturated rings. The average molecular weight is 267 g/mol. The minimum absolute atomic E-state index is 0.0109. The summed E-state index contributed by atoms with van der Waals surface area (Å²) in [5, 5.41) is 15.7. The monoisotopic (exact) mass is 267 g/mol. The first-order valence-electron chi connectivity index (χ1n) is 5.34. The van der Waals surface area contributed by atoms with E-state index in [0.717, 1.165) is 12.3 Å². The summed E-state index contributed by atoms with van der Waals surface area (Å²) >= 11 is 0. The summed E-state index contributed by atoms with van der Waals surface area (Å²) in [4.78, 5) is 36.1. The van der Waals surface area contributed by atoms with Crippen LogP contribution in [0.2, 0.25) is 0 Å². The fraction of sp³-hybridized carbons (Fsp3) is 0.300. The number of rotatable bonds is 6. The number of nitrogens with one attached hydrogen (secondary N) is 2. The SMILES string of the molecule is CNc1ncc([N+](=O)[O-])cc1C(=O)NCCC(N)=O. The molecule has 0 radical (unpaired) electrons. The molecule has 9 nitrogen and oxygen atoms in total. The molecule has 0 aromatic carbocycles. The van der Waals surface area contributed by atoms with E-state index < -0.39 is 16.7 Å². The molecular weight excluding hydrogens is 254 g/mol. The number of nitro groups is 1. The molecule has 0 saturated carbocycles. The summed E-state index contributed by atoms with van der Waals surface area (Å²) in [6, 6.07) is 1.11. The third kappa shape index (κ3) is 3.91. The molecule has 0 aliphatic carbocycles. The van der Waals surface area contributed by atoms with Crippen molar-refractivity contribution < 1.29 is 14.5 Å². The van der Waals surface area contributed by atoms with Gasteiger partial charge in [-0.2, -0.15) is 0 Å². The molecule has 9 heteroatoms. The van der Waals surface area contributed by atoms with Crippen LogP contribution >= 0.6 is 0 Å². The van der Waals surface area contributed by atoms with Gasteiger partial charge < -0.3 is 16.4 Å². The summed E-state index contributed by atoms with van der Waals surface area (Å²) in [6.45, 7) is 0.0556. The fourth-order valence-electron chi connectivity index (χ4n) is 1.32. The van der Waals surface area contributed by atoms with Crippen LogP contribution in [0.15, 0.2) is 12.3 Å². The van der Waals surface area contributed by atoms with Crippen molar-refractivity contribution in [1.82, 2.24) is 10.3 Å². The van der Waals surface area contributed by atoms with Gasteiger partial charge in [-0.25, -0.2) is 4.98 Å².